The van der Waals surface area contributed by atoms with Crippen LogP contribution in [0.5, 0.6) is 5.75 Å². The maximum Gasteiger partial charge on any atom is 0.279 e. The first-order valence-corrected chi connectivity index (χ1v) is 10.7. The van der Waals surface area contributed by atoms with Crippen LogP contribution in [0.25, 0.3) is 16.8 Å². The van der Waals surface area contributed by atoms with E-state index in [9.17, 15) is 12.8 Å². The summed E-state index contributed by atoms with van der Waals surface area (Å²) in [4.78, 5) is 4.45. The molecule has 0 aromatic carbocycles. The average Bonchev–Trinajstić information content (AvgIpc) is 3.38. The number of piperidine rings is 1. The number of hydrogen-bond donors (Lipinski definition) is 3. The van der Waals surface area contributed by atoms with E-state index < -0.39 is 35.9 Å². The van der Waals surface area contributed by atoms with Crippen molar-refractivity contribution in [2.75, 3.05) is 32.0 Å². The number of halogens is 1. The summed E-state index contributed by atoms with van der Waals surface area (Å²) >= 11 is 0. The van der Waals surface area contributed by atoms with Crippen LogP contribution in [0.1, 0.15) is 17.5 Å². The number of rotatable bonds is 7. The van der Waals surface area contributed by atoms with Gasteiger partial charge in [-0.3, -0.25) is 5.10 Å². The van der Waals surface area contributed by atoms with E-state index in [0.29, 0.717) is 18.0 Å². The van der Waals surface area contributed by atoms with E-state index in [-0.39, 0.29) is 18.9 Å². The summed E-state index contributed by atoms with van der Waals surface area (Å²) in [5.41, 5.74) is 2.00. The number of aromatic amines is 1. The van der Waals surface area contributed by atoms with Crippen LogP contribution in [-0.4, -0.2) is 76.4 Å². The summed E-state index contributed by atoms with van der Waals surface area (Å²) in [6, 6.07) is 1.05. The number of pyridine rings is 1. The maximum absolute atomic E-state index is 14.8. The third-order valence-corrected chi connectivity index (χ3v) is 6.12. The second kappa shape index (κ2) is 8.16. The van der Waals surface area contributed by atoms with Gasteiger partial charge in [-0.05, 0) is 19.4 Å². The molecular formula is C17H23FN8O3S. The first kappa shape index (κ1) is 17.0. The molecule has 1 saturated heterocycles. The molecule has 1 aliphatic heterocycles. The Balaban J connectivity index is 1.52. The highest BCUT2D eigenvalue weighted by molar-refractivity contribution is 7.87. The van der Waals surface area contributed by atoms with Gasteiger partial charge in [0.25, 0.3) is 10.2 Å². The largest absolute Gasteiger partial charge is 0.489 e. The first-order chi connectivity index (χ1) is 15.6. The second-order valence-corrected chi connectivity index (χ2v) is 8.37. The van der Waals surface area contributed by atoms with E-state index >= 15 is 0 Å². The molecule has 11 nitrogen and oxygen atoms in total. The lowest BCUT2D eigenvalue weighted by Crippen LogP contribution is -2.52. The maximum atomic E-state index is 14.8. The number of H-pyrrole nitrogens is 1. The lowest BCUT2D eigenvalue weighted by atomic mass is 10.1. The van der Waals surface area contributed by atoms with Gasteiger partial charge in [0.2, 0.25) is 5.95 Å². The minimum absolute atomic E-state index is 0.0638. The molecule has 0 bridgehead atoms. The molecule has 30 heavy (non-hydrogen) atoms. The fourth-order valence-corrected chi connectivity index (χ4v) is 4.20. The van der Waals surface area contributed by atoms with Crippen molar-refractivity contribution in [1.82, 2.24) is 33.8 Å². The lowest BCUT2D eigenvalue weighted by molar-refractivity contribution is 0.185. The quantitative estimate of drug-likeness (QED) is 0.495. The molecule has 4 heterocycles. The van der Waals surface area contributed by atoms with Crippen molar-refractivity contribution in [3.05, 3.63) is 24.7 Å². The van der Waals surface area contributed by atoms with Crippen molar-refractivity contribution in [1.29, 1.82) is 0 Å². The molecule has 0 radical (unpaired) electrons. The summed E-state index contributed by atoms with van der Waals surface area (Å²) in [5.74, 6) is 0.653. The van der Waals surface area contributed by atoms with Gasteiger partial charge < -0.3 is 10.1 Å². The van der Waals surface area contributed by atoms with Crippen LogP contribution in [0, 0.1) is 0 Å². The predicted octanol–water partition coefficient (Wildman–Crippen LogP) is 0.807. The minimum Gasteiger partial charge on any atom is -0.489 e. The Bertz CT molecular complexity index is 1220. The molecule has 2 unspecified atom stereocenters. The Morgan fingerprint density at radius 3 is 3.07 bits per heavy atom. The monoisotopic (exact) mass is 441 g/mol. The first-order valence-electron chi connectivity index (χ1n) is 10.8. The Morgan fingerprint density at radius 2 is 2.37 bits per heavy atom. The molecule has 0 saturated carbocycles. The Labute approximate surface area is 177 Å². The molecule has 1 aliphatic rings. The van der Waals surface area contributed by atoms with Gasteiger partial charge in [0.1, 0.15) is 6.17 Å². The fourth-order valence-electron chi connectivity index (χ4n) is 3.38. The summed E-state index contributed by atoms with van der Waals surface area (Å²) < 4.78 is 70.1. The molecule has 0 amide bonds. The number of alkyl halides is 1. The SMILES string of the molecule is [2H]C([2H])([2H])NS(=O)(=O)N1CCC(Nc2nc3c(OCC)c(-c4cn[nH]c4)ccn3n2)C(F)C1. The van der Waals surface area contributed by atoms with Gasteiger partial charge in [0.05, 0.1) is 18.8 Å². The van der Waals surface area contributed by atoms with Crippen LogP contribution in [0.4, 0.5) is 10.3 Å². The zero-order valence-corrected chi connectivity index (χ0v) is 16.9. The number of hydrogen-bond acceptors (Lipinski definition) is 7. The summed E-state index contributed by atoms with van der Waals surface area (Å²) in [7, 11) is -4.34. The Hall–Kier alpha value is -2.77. The van der Waals surface area contributed by atoms with Crippen LogP contribution >= 0.6 is 0 Å². The molecular weight excluding hydrogens is 415 g/mol. The van der Waals surface area contributed by atoms with Gasteiger partial charge in [-0.1, -0.05) is 0 Å². The summed E-state index contributed by atoms with van der Waals surface area (Å²) in [5, 5.41) is 14.0. The van der Waals surface area contributed by atoms with Crippen LogP contribution in [0.3, 0.4) is 0 Å². The second-order valence-electron chi connectivity index (χ2n) is 6.70. The Morgan fingerprint density at radius 1 is 1.50 bits per heavy atom. The Kier molecular flexibility index (Phi) is 4.62. The molecule has 0 aliphatic carbocycles. The fraction of sp³-hybridized carbons (Fsp3) is 0.471. The number of ether oxygens (including phenoxy) is 1. The van der Waals surface area contributed by atoms with E-state index in [1.807, 2.05) is 6.92 Å². The van der Waals surface area contributed by atoms with Crippen LogP contribution in [0.15, 0.2) is 24.7 Å². The standard InChI is InChI=1S/C17H23FN8O3S/c1-3-29-15-12(11-8-20-21-9-11)4-7-26-16(15)23-17(24-26)22-14-5-6-25(10-13(14)18)30(27,28)19-2/h4,7-9,13-14,19H,3,5-6,10H2,1-2H3,(H,20,21)(H,22,24)/i2D3. The minimum atomic E-state index is -4.34. The smallest absolute Gasteiger partial charge is 0.279 e. The summed E-state index contributed by atoms with van der Waals surface area (Å²) in [6.45, 7) is -1.22. The van der Waals surface area contributed by atoms with Crippen molar-refractivity contribution < 1.29 is 21.7 Å². The normalized spacial score (nSPS) is 22.4. The molecule has 4 rings (SSSR count). The van der Waals surface area contributed by atoms with Crippen LogP contribution < -0.4 is 14.8 Å². The van der Waals surface area contributed by atoms with Gasteiger partial charge in [-0.25, -0.2) is 13.6 Å². The number of nitrogens with one attached hydrogen (secondary N) is 3. The van der Waals surface area contributed by atoms with E-state index in [2.05, 4.69) is 25.6 Å². The molecule has 2 atom stereocenters. The number of nitrogens with zero attached hydrogens (tertiary/aromatic N) is 5. The highest BCUT2D eigenvalue weighted by Crippen LogP contribution is 2.33. The van der Waals surface area contributed by atoms with Crippen molar-refractivity contribution >= 4 is 21.8 Å². The predicted molar refractivity (Wildman–Crippen MR) is 108 cm³/mol. The van der Waals surface area contributed by atoms with Crippen LogP contribution in [-0.2, 0) is 10.2 Å². The van der Waals surface area contributed by atoms with E-state index in [0.717, 1.165) is 15.4 Å². The zero-order valence-electron chi connectivity index (χ0n) is 19.0. The van der Waals surface area contributed by atoms with Gasteiger partial charge in [-0.15, -0.1) is 5.10 Å². The molecule has 162 valence electrons. The highest BCUT2D eigenvalue weighted by Gasteiger charge is 2.35. The third-order valence-electron chi connectivity index (χ3n) is 4.85. The molecule has 13 heteroatoms. The van der Waals surface area contributed by atoms with E-state index in [1.165, 1.54) is 4.52 Å². The molecule has 3 aromatic heterocycles. The third kappa shape index (κ3) is 3.82. The highest BCUT2D eigenvalue weighted by atomic mass is 32.2. The molecule has 0 spiro atoms. The van der Waals surface area contributed by atoms with Crippen molar-refractivity contribution in [3.63, 3.8) is 0 Å². The molecule has 1 fully saturated rings. The van der Waals surface area contributed by atoms with Crippen molar-refractivity contribution in [3.8, 4) is 16.9 Å². The number of fused-ring (bicyclic) bond motifs is 1. The van der Waals surface area contributed by atoms with E-state index in [4.69, 9.17) is 8.85 Å². The van der Waals surface area contributed by atoms with Gasteiger partial charge in [-0.2, -0.15) is 22.8 Å². The number of aromatic nitrogens is 5. The topological polar surface area (TPSA) is 130 Å². The molecule has 3 N–H and O–H groups in total. The zero-order chi connectivity index (χ0) is 23.8. The van der Waals surface area contributed by atoms with Crippen LogP contribution in [0.2, 0.25) is 0 Å². The number of anilines is 1. The van der Waals surface area contributed by atoms with Crippen molar-refractivity contribution in [2.24, 2.45) is 0 Å². The van der Waals surface area contributed by atoms with Gasteiger partial charge in [0.15, 0.2) is 11.4 Å². The van der Waals surface area contributed by atoms with E-state index in [1.54, 1.807) is 29.4 Å². The summed E-state index contributed by atoms with van der Waals surface area (Å²) in [6.07, 6.45) is 3.56. The van der Waals surface area contributed by atoms with Crippen molar-refractivity contribution in [2.45, 2.75) is 25.6 Å². The van der Waals surface area contributed by atoms with Gasteiger partial charge in [0, 0.05) is 47.7 Å². The lowest BCUT2D eigenvalue weighted by Gasteiger charge is -2.33. The average molecular weight is 442 g/mol. The molecule has 3 aromatic rings. The van der Waals surface area contributed by atoms with Gasteiger partial charge >= 0.3 is 0 Å².